The molecule has 5 nitrogen and oxygen atoms in total. The summed E-state index contributed by atoms with van der Waals surface area (Å²) in [6.45, 7) is 4.30. The first-order valence-corrected chi connectivity index (χ1v) is 7.56. The number of nitrogens with zero attached hydrogens (tertiary/aromatic N) is 2. The first-order chi connectivity index (χ1) is 9.90. The summed E-state index contributed by atoms with van der Waals surface area (Å²) in [5.41, 5.74) is 11.2. The van der Waals surface area contributed by atoms with Gasteiger partial charge in [-0.25, -0.2) is 5.01 Å². The summed E-state index contributed by atoms with van der Waals surface area (Å²) in [7, 11) is 3.87. The van der Waals surface area contributed by atoms with Crippen LogP contribution in [0, 0.1) is 0 Å². The van der Waals surface area contributed by atoms with Crippen LogP contribution in [0.15, 0.2) is 18.2 Å². The van der Waals surface area contributed by atoms with Crippen LogP contribution in [0.1, 0.15) is 43.5 Å². The van der Waals surface area contributed by atoms with E-state index < -0.39 is 0 Å². The number of nitrogens with one attached hydrogen (secondary N) is 1. The van der Waals surface area contributed by atoms with Gasteiger partial charge >= 0.3 is 0 Å². The van der Waals surface area contributed by atoms with Gasteiger partial charge in [0.1, 0.15) is 0 Å². The van der Waals surface area contributed by atoms with Gasteiger partial charge in [-0.15, -0.1) is 0 Å². The molecule has 1 aliphatic rings. The van der Waals surface area contributed by atoms with Gasteiger partial charge in [0.05, 0.1) is 11.4 Å². The predicted molar refractivity (Wildman–Crippen MR) is 87.3 cm³/mol. The zero-order valence-electron chi connectivity index (χ0n) is 13.4. The number of hydrogen-bond acceptors (Lipinski definition) is 4. The molecule has 2 rings (SSSR count). The summed E-state index contributed by atoms with van der Waals surface area (Å²) in [6.07, 6.45) is 3.46. The Bertz CT molecular complexity index is 505. The molecule has 1 aromatic rings. The summed E-state index contributed by atoms with van der Waals surface area (Å²) in [5.74, 6) is -0.0902. The van der Waals surface area contributed by atoms with Crippen molar-refractivity contribution in [2.24, 2.45) is 0 Å². The zero-order chi connectivity index (χ0) is 15.6. The summed E-state index contributed by atoms with van der Waals surface area (Å²) in [4.78, 5) is 14.4. The van der Waals surface area contributed by atoms with E-state index in [9.17, 15) is 4.79 Å². The third kappa shape index (κ3) is 3.47. The number of piperidine rings is 1. The lowest BCUT2D eigenvalue weighted by Crippen LogP contribution is -2.54. The molecule has 0 aromatic heterocycles. The third-order valence-electron chi connectivity index (χ3n) is 4.20. The second kappa shape index (κ2) is 6.35. The number of benzene rings is 1. The maximum atomic E-state index is 12.4. The molecule has 1 aromatic carbocycles. The van der Waals surface area contributed by atoms with E-state index in [1.54, 1.807) is 6.07 Å². The molecule has 3 N–H and O–H groups in total. The van der Waals surface area contributed by atoms with E-state index in [2.05, 4.69) is 24.3 Å². The molecule has 5 heteroatoms. The molecule has 0 spiro atoms. The van der Waals surface area contributed by atoms with Gasteiger partial charge in [-0.1, -0.05) is 6.42 Å². The Morgan fingerprint density at radius 3 is 2.43 bits per heavy atom. The number of carbonyl (C=O) groups is 1. The highest BCUT2D eigenvalue weighted by molar-refractivity contribution is 5.95. The lowest BCUT2D eigenvalue weighted by Gasteiger charge is -2.38. The predicted octanol–water partition coefficient (Wildman–Crippen LogP) is 2.24. The van der Waals surface area contributed by atoms with Crippen LogP contribution >= 0.6 is 0 Å². The van der Waals surface area contributed by atoms with E-state index in [0.717, 1.165) is 18.5 Å². The van der Waals surface area contributed by atoms with Crippen molar-refractivity contribution in [2.45, 2.75) is 45.2 Å². The maximum absolute atomic E-state index is 12.4. The van der Waals surface area contributed by atoms with E-state index >= 15 is 0 Å². The van der Waals surface area contributed by atoms with Crippen LogP contribution in [0.2, 0.25) is 0 Å². The number of hydrazine groups is 1. The van der Waals surface area contributed by atoms with Crippen LogP contribution in [-0.4, -0.2) is 37.1 Å². The van der Waals surface area contributed by atoms with Crippen LogP contribution in [0.4, 0.5) is 11.4 Å². The number of nitrogens with two attached hydrogens (primary N) is 1. The number of hydrogen-bond donors (Lipinski definition) is 2. The van der Waals surface area contributed by atoms with Gasteiger partial charge < -0.3 is 10.6 Å². The van der Waals surface area contributed by atoms with Crippen molar-refractivity contribution >= 4 is 17.3 Å². The highest BCUT2D eigenvalue weighted by Gasteiger charge is 2.26. The molecule has 2 unspecified atom stereocenters. The quantitative estimate of drug-likeness (QED) is 0.838. The standard InChI is InChI=1S/C16H26N4O/c1-11-6-5-7-12(2)20(11)18-16(21)13-8-9-15(19(3)4)14(17)10-13/h8-12H,5-7,17H2,1-4H3,(H,18,21). The second-order valence-electron chi connectivity index (χ2n) is 6.15. The van der Waals surface area contributed by atoms with E-state index in [1.165, 1.54) is 6.42 Å². The lowest BCUT2D eigenvalue weighted by molar-refractivity contribution is 0.0370. The van der Waals surface area contributed by atoms with Gasteiger partial charge in [-0.3, -0.25) is 10.2 Å². The minimum atomic E-state index is -0.0902. The van der Waals surface area contributed by atoms with Crippen molar-refractivity contribution in [1.29, 1.82) is 0 Å². The number of rotatable bonds is 3. The fraction of sp³-hybridized carbons (Fsp3) is 0.562. The first kappa shape index (κ1) is 15.6. The van der Waals surface area contributed by atoms with E-state index in [1.807, 2.05) is 31.1 Å². The largest absolute Gasteiger partial charge is 0.397 e. The Kier molecular flexibility index (Phi) is 4.73. The van der Waals surface area contributed by atoms with Gasteiger partial charge in [0.15, 0.2) is 0 Å². The van der Waals surface area contributed by atoms with Crippen molar-refractivity contribution in [3.05, 3.63) is 23.8 Å². The normalized spacial score (nSPS) is 22.9. The Morgan fingerprint density at radius 2 is 1.90 bits per heavy atom. The molecular formula is C16H26N4O. The monoisotopic (exact) mass is 290 g/mol. The molecule has 1 heterocycles. The number of amides is 1. The minimum Gasteiger partial charge on any atom is -0.397 e. The average molecular weight is 290 g/mol. The van der Waals surface area contributed by atoms with Crippen LogP contribution in [-0.2, 0) is 0 Å². The van der Waals surface area contributed by atoms with Gasteiger partial charge in [-0.05, 0) is 44.9 Å². The lowest BCUT2D eigenvalue weighted by atomic mass is 10.00. The van der Waals surface area contributed by atoms with Crippen LogP contribution in [0.3, 0.4) is 0 Å². The second-order valence-corrected chi connectivity index (χ2v) is 6.15. The smallest absolute Gasteiger partial charge is 0.265 e. The SMILES string of the molecule is CC1CCCC(C)N1NC(=O)c1ccc(N(C)C)c(N)c1. The van der Waals surface area contributed by atoms with Gasteiger partial charge in [-0.2, -0.15) is 0 Å². The highest BCUT2D eigenvalue weighted by Crippen LogP contribution is 2.23. The molecule has 0 radical (unpaired) electrons. The summed E-state index contributed by atoms with van der Waals surface area (Å²) >= 11 is 0. The fourth-order valence-electron chi connectivity index (χ4n) is 2.93. The molecule has 0 saturated carbocycles. The Hall–Kier alpha value is -1.75. The molecule has 116 valence electrons. The Labute approximate surface area is 127 Å². The van der Waals surface area contributed by atoms with Gasteiger partial charge in [0, 0.05) is 31.7 Å². The molecule has 0 aliphatic carbocycles. The molecule has 0 bridgehead atoms. The van der Waals surface area contributed by atoms with Crippen molar-refractivity contribution in [2.75, 3.05) is 24.7 Å². The highest BCUT2D eigenvalue weighted by atomic mass is 16.2. The van der Waals surface area contributed by atoms with E-state index in [0.29, 0.717) is 23.3 Å². The summed E-state index contributed by atoms with van der Waals surface area (Å²) in [5, 5.41) is 2.07. The summed E-state index contributed by atoms with van der Waals surface area (Å²) < 4.78 is 0. The maximum Gasteiger partial charge on any atom is 0.265 e. The van der Waals surface area contributed by atoms with Crippen LogP contribution in [0.5, 0.6) is 0 Å². The molecule has 1 saturated heterocycles. The van der Waals surface area contributed by atoms with Gasteiger partial charge in [0.25, 0.3) is 5.91 Å². The van der Waals surface area contributed by atoms with E-state index in [-0.39, 0.29) is 5.91 Å². The summed E-state index contributed by atoms with van der Waals surface area (Å²) in [6, 6.07) is 6.18. The fourth-order valence-corrected chi connectivity index (χ4v) is 2.93. The first-order valence-electron chi connectivity index (χ1n) is 7.56. The van der Waals surface area contributed by atoms with Crippen molar-refractivity contribution in [1.82, 2.24) is 10.4 Å². The molecular weight excluding hydrogens is 264 g/mol. The molecule has 1 amide bonds. The minimum absolute atomic E-state index is 0.0902. The Balaban J connectivity index is 2.11. The Morgan fingerprint density at radius 1 is 1.29 bits per heavy atom. The molecule has 2 atom stereocenters. The van der Waals surface area contributed by atoms with Gasteiger partial charge in [0.2, 0.25) is 0 Å². The van der Waals surface area contributed by atoms with Crippen LogP contribution < -0.4 is 16.1 Å². The number of nitrogen functional groups attached to an aromatic ring is 1. The van der Waals surface area contributed by atoms with E-state index in [4.69, 9.17) is 5.73 Å². The molecule has 1 aliphatic heterocycles. The van der Waals surface area contributed by atoms with Crippen molar-refractivity contribution < 1.29 is 4.79 Å². The number of anilines is 2. The number of carbonyl (C=O) groups excluding carboxylic acids is 1. The van der Waals surface area contributed by atoms with Crippen molar-refractivity contribution in [3.63, 3.8) is 0 Å². The van der Waals surface area contributed by atoms with Crippen molar-refractivity contribution in [3.8, 4) is 0 Å². The third-order valence-corrected chi connectivity index (χ3v) is 4.20. The topological polar surface area (TPSA) is 61.6 Å². The zero-order valence-corrected chi connectivity index (χ0v) is 13.4. The average Bonchev–Trinajstić information content (AvgIpc) is 2.42. The molecule has 21 heavy (non-hydrogen) atoms. The van der Waals surface area contributed by atoms with Crippen LogP contribution in [0.25, 0.3) is 0 Å². The molecule has 1 fully saturated rings.